The molecule has 0 bridgehead atoms. The fraction of sp³-hybridized carbons (Fsp3) is 0.929. The van der Waals surface area contributed by atoms with Gasteiger partial charge in [-0.1, -0.05) is 6.92 Å². The second-order valence-electron chi connectivity index (χ2n) is 5.88. The Balaban J connectivity index is 1.80. The molecule has 5 nitrogen and oxygen atoms in total. The zero-order chi connectivity index (χ0) is 13.7. The van der Waals surface area contributed by atoms with E-state index in [1.54, 1.807) is 0 Å². The summed E-state index contributed by atoms with van der Waals surface area (Å²) in [6.07, 6.45) is 1.96. The maximum absolute atomic E-state index is 12.3. The smallest absolute Gasteiger partial charge is 0.228 e. The summed E-state index contributed by atoms with van der Waals surface area (Å²) >= 11 is 0. The topological polar surface area (TPSA) is 58.8 Å². The van der Waals surface area contributed by atoms with Crippen molar-refractivity contribution in [3.63, 3.8) is 0 Å². The Morgan fingerprint density at radius 2 is 2.21 bits per heavy atom. The molecule has 2 atom stereocenters. The van der Waals surface area contributed by atoms with Gasteiger partial charge >= 0.3 is 0 Å². The maximum atomic E-state index is 12.3. The summed E-state index contributed by atoms with van der Waals surface area (Å²) in [5, 5.41) is 0. The minimum Gasteiger partial charge on any atom is -0.381 e. The van der Waals surface area contributed by atoms with E-state index in [9.17, 15) is 4.79 Å². The number of carbonyl (C=O) groups excluding carboxylic acids is 1. The summed E-state index contributed by atoms with van der Waals surface area (Å²) in [5.41, 5.74) is 5.68. The Kier molecular flexibility index (Phi) is 5.60. The van der Waals surface area contributed by atoms with Gasteiger partial charge in [0.15, 0.2) is 0 Å². The summed E-state index contributed by atoms with van der Waals surface area (Å²) < 4.78 is 5.32. The third-order valence-electron chi connectivity index (χ3n) is 4.15. The summed E-state index contributed by atoms with van der Waals surface area (Å²) in [4.78, 5) is 16.8. The van der Waals surface area contributed by atoms with Crippen LogP contribution in [0.4, 0.5) is 0 Å². The first-order valence-electron chi connectivity index (χ1n) is 7.49. The lowest BCUT2D eigenvalue weighted by Gasteiger charge is -2.25. The minimum atomic E-state index is 0.106. The summed E-state index contributed by atoms with van der Waals surface area (Å²) in [7, 11) is 0. The van der Waals surface area contributed by atoms with Crippen molar-refractivity contribution in [3.8, 4) is 0 Å². The van der Waals surface area contributed by atoms with E-state index >= 15 is 0 Å². The zero-order valence-electron chi connectivity index (χ0n) is 12.0. The average molecular weight is 269 g/mol. The Hall–Kier alpha value is -0.650. The number of nitrogens with zero attached hydrogens (tertiary/aromatic N) is 2. The van der Waals surface area contributed by atoms with Crippen molar-refractivity contribution >= 4 is 5.91 Å². The van der Waals surface area contributed by atoms with Gasteiger partial charge in [-0.2, -0.15) is 0 Å². The van der Waals surface area contributed by atoms with Gasteiger partial charge in [-0.3, -0.25) is 4.79 Å². The lowest BCUT2D eigenvalue weighted by Crippen LogP contribution is -2.40. The molecule has 0 aliphatic carbocycles. The fourth-order valence-corrected chi connectivity index (χ4v) is 2.88. The van der Waals surface area contributed by atoms with Gasteiger partial charge in [-0.15, -0.1) is 0 Å². The van der Waals surface area contributed by atoms with Crippen LogP contribution in [0.1, 0.15) is 19.8 Å². The third-order valence-corrected chi connectivity index (χ3v) is 4.15. The monoisotopic (exact) mass is 269 g/mol. The van der Waals surface area contributed by atoms with Crippen molar-refractivity contribution in [2.45, 2.75) is 19.8 Å². The van der Waals surface area contributed by atoms with Gasteiger partial charge in [-0.25, -0.2) is 0 Å². The van der Waals surface area contributed by atoms with Crippen LogP contribution in [0.2, 0.25) is 0 Å². The molecule has 110 valence electrons. The number of nitrogens with two attached hydrogens (primary N) is 1. The van der Waals surface area contributed by atoms with Crippen LogP contribution >= 0.6 is 0 Å². The number of ether oxygens (including phenoxy) is 1. The Bertz CT molecular complexity index is 292. The lowest BCUT2D eigenvalue weighted by molar-refractivity contribution is -0.135. The fourth-order valence-electron chi connectivity index (χ4n) is 2.88. The van der Waals surface area contributed by atoms with Crippen LogP contribution in [-0.4, -0.2) is 68.2 Å². The van der Waals surface area contributed by atoms with Gasteiger partial charge < -0.3 is 20.3 Å². The summed E-state index contributed by atoms with van der Waals surface area (Å²) in [6, 6.07) is 0. The second kappa shape index (κ2) is 7.22. The Morgan fingerprint density at radius 1 is 1.37 bits per heavy atom. The molecule has 2 aliphatic rings. The SMILES string of the molecule is CC(CN)CN1CCCN(C(=O)C2CCOC2)CC1. The van der Waals surface area contributed by atoms with Crippen LogP contribution < -0.4 is 5.73 Å². The molecule has 0 aromatic rings. The van der Waals surface area contributed by atoms with Crippen LogP contribution in [0.3, 0.4) is 0 Å². The highest BCUT2D eigenvalue weighted by molar-refractivity contribution is 5.79. The molecule has 19 heavy (non-hydrogen) atoms. The van der Waals surface area contributed by atoms with E-state index in [0.717, 1.165) is 58.7 Å². The van der Waals surface area contributed by atoms with Crippen molar-refractivity contribution in [2.75, 3.05) is 52.5 Å². The predicted molar refractivity (Wildman–Crippen MR) is 74.8 cm³/mol. The van der Waals surface area contributed by atoms with Crippen molar-refractivity contribution in [1.29, 1.82) is 0 Å². The van der Waals surface area contributed by atoms with Crippen molar-refractivity contribution in [3.05, 3.63) is 0 Å². The van der Waals surface area contributed by atoms with E-state index in [4.69, 9.17) is 10.5 Å². The molecule has 0 saturated carbocycles. The standard InChI is InChI=1S/C14H27N3O2/c1-12(9-15)10-16-4-2-5-17(7-6-16)14(18)13-3-8-19-11-13/h12-13H,2-11,15H2,1H3. The van der Waals surface area contributed by atoms with Crippen molar-refractivity contribution < 1.29 is 9.53 Å². The quantitative estimate of drug-likeness (QED) is 0.789. The Morgan fingerprint density at radius 3 is 2.89 bits per heavy atom. The molecular formula is C14H27N3O2. The minimum absolute atomic E-state index is 0.106. The molecule has 0 spiro atoms. The van der Waals surface area contributed by atoms with Gasteiger partial charge in [0.25, 0.3) is 0 Å². The number of hydrogen-bond donors (Lipinski definition) is 1. The Labute approximate surface area is 116 Å². The van der Waals surface area contributed by atoms with E-state index in [1.165, 1.54) is 0 Å². The van der Waals surface area contributed by atoms with Crippen LogP contribution in [0, 0.1) is 11.8 Å². The maximum Gasteiger partial charge on any atom is 0.228 e. The molecule has 2 saturated heterocycles. The highest BCUT2D eigenvalue weighted by atomic mass is 16.5. The molecule has 0 aromatic heterocycles. The molecule has 2 aliphatic heterocycles. The molecule has 2 fully saturated rings. The second-order valence-corrected chi connectivity index (χ2v) is 5.88. The zero-order valence-corrected chi connectivity index (χ0v) is 12.0. The van der Waals surface area contributed by atoms with E-state index < -0.39 is 0 Å². The average Bonchev–Trinajstić information content (AvgIpc) is 2.85. The van der Waals surface area contributed by atoms with Gasteiger partial charge in [-0.05, 0) is 31.8 Å². The first-order valence-corrected chi connectivity index (χ1v) is 7.49. The molecule has 2 unspecified atom stereocenters. The van der Waals surface area contributed by atoms with Crippen LogP contribution in [-0.2, 0) is 9.53 Å². The first kappa shape index (κ1) is 14.8. The van der Waals surface area contributed by atoms with Gasteiger partial charge in [0, 0.05) is 32.8 Å². The number of amides is 1. The summed E-state index contributed by atoms with van der Waals surface area (Å²) in [6.45, 7) is 9.12. The molecule has 1 amide bonds. The number of hydrogen-bond acceptors (Lipinski definition) is 4. The summed E-state index contributed by atoms with van der Waals surface area (Å²) in [5.74, 6) is 0.936. The van der Waals surface area contributed by atoms with Crippen LogP contribution in [0.15, 0.2) is 0 Å². The third kappa shape index (κ3) is 4.16. The largest absolute Gasteiger partial charge is 0.381 e. The van der Waals surface area contributed by atoms with Gasteiger partial charge in [0.05, 0.1) is 12.5 Å². The molecule has 0 aromatic carbocycles. The predicted octanol–water partition coefficient (Wildman–Crippen LogP) is 0.152. The molecular weight excluding hydrogens is 242 g/mol. The normalized spacial score (nSPS) is 27.3. The highest BCUT2D eigenvalue weighted by Gasteiger charge is 2.29. The van der Waals surface area contributed by atoms with Gasteiger partial charge in [0.2, 0.25) is 5.91 Å². The van der Waals surface area contributed by atoms with Gasteiger partial charge in [0.1, 0.15) is 0 Å². The van der Waals surface area contributed by atoms with Crippen molar-refractivity contribution in [2.24, 2.45) is 17.6 Å². The molecule has 2 heterocycles. The molecule has 2 rings (SSSR count). The van der Waals surface area contributed by atoms with E-state index in [1.807, 2.05) is 4.90 Å². The lowest BCUT2D eigenvalue weighted by atomic mass is 10.1. The van der Waals surface area contributed by atoms with E-state index in [-0.39, 0.29) is 5.92 Å². The van der Waals surface area contributed by atoms with E-state index in [2.05, 4.69) is 11.8 Å². The van der Waals surface area contributed by atoms with Crippen LogP contribution in [0.5, 0.6) is 0 Å². The van der Waals surface area contributed by atoms with Crippen molar-refractivity contribution in [1.82, 2.24) is 9.80 Å². The number of rotatable bonds is 4. The molecule has 2 N–H and O–H groups in total. The van der Waals surface area contributed by atoms with Crippen LogP contribution in [0.25, 0.3) is 0 Å². The molecule has 5 heteroatoms. The number of carbonyl (C=O) groups is 1. The first-order chi connectivity index (χ1) is 9.20. The molecule has 0 radical (unpaired) electrons. The van der Waals surface area contributed by atoms with E-state index in [0.29, 0.717) is 18.4 Å². The highest BCUT2D eigenvalue weighted by Crippen LogP contribution is 2.17.